The highest BCUT2D eigenvalue weighted by molar-refractivity contribution is 5.96. The summed E-state index contributed by atoms with van der Waals surface area (Å²) in [5.41, 5.74) is 2.83. The number of halogens is 2. The van der Waals surface area contributed by atoms with Crippen LogP contribution in [0, 0.1) is 25.5 Å². The van der Waals surface area contributed by atoms with Gasteiger partial charge in [0.25, 0.3) is 11.5 Å². The monoisotopic (exact) mass is 382 g/mol. The SMILES string of the molecule is Cc1cc(=O)n(Cc2ccc(F)cc2)c(C)c1C(=O)NCc1ccc(F)cc1. The van der Waals surface area contributed by atoms with Gasteiger partial charge in [-0.05, 0) is 54.8 Å². The topological polar surface area (TPSA) is 51.1 Å². The first kappa shape index (κ1) is 19.5. The number of nitrogens with one attached hydrogen (secondary N) is 1. The van der Waals surface area contributed by atoms with Crippen LogP contribution in [0.3, 0.4) is 0 Å². The predicted octanol–water partition coefficient (Wildman–Crippen LogP) is 3.72. The maximum Gasteiger partial charge on any atom is 0.253 e. The third-order valence-electron chi connectivity index (χ3n) is 4.61. The van der Waals surface area contributed by atoms with Gasteiger partial charge in [0.2, 0.25) is 0 Å². The van der Waals surface area contributed by atoms with Crippen molar-refractivity contribution in [3.05, 3.63) is 105 Å². The molecule has 1 heterocycles. The highest BCUT2D eigenvalue weighted by Crippen LogP contribution is 2.14. The summed E-state index contributed by atoms with van der Waals surface area (Å²) in [6, 6.07) is 13.2. The Kier molecular flexibility index (Phi) is 5.68. The molecule has 0 aliphatic heterocycles. The van der Waals surface area contributed by atoms with Gasteiger partial charge in [-0.1, -0.05) is 24.3 Å². The number of aromatic nitrogens is 1. The molecule has 0 radical (unpaired) electrons. The van der Waals surface area contributed by atoms with Crippen LogP contribution in [0.4, 0.5) is 8.78 Å². The zero-order chi connectivity index (χ0) is 20.3. The van der Waals surface area contributed by atoms with Crippen LogP contribution >= 0.6 is 0 Å². The van der Waals surface area contributed by atoms with Crippen LogP contribution in [-0.2, 0) is 13.1 Å². The van der Waals surface area contributed by atoms with Crippen LogP contribution in [0.2, 0.25) is 0 Å². The Morgan fingerprint density at radius 3 is 2.04 bits per heavy atom. The van der Waals surface area contributed by atoms with Crippen molar-refractivity contribution in [1.82, 2.24) is 9.88 Å². The fraction of sp³-hybridized carbons (Fsp3) is 0.182. The molecule has 28 heavy (non-hydrogen) atoms. The largest absolute Gasteiger partial charge is 0.348 e. The van der Waals surface area contributed by atoms with Crippen LogP contribution in [0.5, 0.6) is 0 Å². The maximum atomic E-state index is 13.1. The van der Waals surface area contributed by atoms with Gasteiger partial charge in [-0.25, -0.2) is 8.78 Å². The lowest BCUT2D eigenvalue weighted by molar-refractivity contribution is 0.0948. The molecule has 3 aromatic rings. The van der Waals surface area contributed by atoms with Crippen LogP contribution in [0.15, 0.2) is 59.4 Å². The number of aryl methyl sites for hydroxylation is 1. The molecule has 4 nitrogen and oxygen atoms in total. The molecule has 144 valence electrons. The molecule has 0 fully saturated rings. The van der Waals surface area contributed by atoms with Gasteiger partial charge in [0.05, 0.1) is 12.1 Å². The number of rotatable bonds is 5. The third-order valence-corrected chi connectivity index (χ3v) is 4.61. The first-order valence-electron chi connectivity index (χ1n) is 8.83. The van der Waals surface area contributed by atoms with Crippen molar-refractivity contribution in [1.29, 1.82) is 0 Å². The van der Waals surface area contributed by atoms with Crippen molar-refractivity contribution in [2.75, 3.05) is 0 Å². The van der Waals surface area contributed by atoms with Crippen molar-refractivity contribution in [3.63, 3.8) is 0 Å². The Balaban J connectivity index is 1.85. The van der Waals surface area contributed by atoms with Crippen LogP contribution in [0.1, 0.15) is 32.7 Å². The van der Waals surface area contributed by atoms with E-state index in [-0.39, 0.29) is 36.2 Å². The summed E-state index contributed by atoms with van der Waals surface area (Å²) < 4.78 is 27.6. The zero-order valence-corrected chi connectivity index (χ0v) is 15.6. The fourth-order valence-corrected chi connectivity index (χ4v) is 3.11. The fourth-order valence-electron chi connectivity index (χ4n) is 3.11. The van der Waals surface area contributed by atoms with Gasteiger partial charge in [-0.3, -0.25) is 9.59 Å². The van der Waals surface area contributed by atoms with E-state index in [1.807, 2.05) is 0 Å². The van der Waals surface area contributed by atoms with E-state index in [9.17, 15) is 18.4 Å². The maximum absolute atomic E-state index is 13.1. The predicted molar refractivity (Wildman–Crippen MR) is 103 cm³/mol. The van der Waals surface area contributed by atoms with E-state index in [0.717, 1.165) is 11.1 Å². The van der Waals surface area contributed by atoms with Crippen molar-refractivity contribution >= 4 is 5.91 Å². The lowest BCUT2D eigenvalue weighted by atomic mass is 10.1. The van der Waals surface area contributed by atoms with E-state index in [0.29, 0.717) is 16.8 Å². The number of benzene rings is 2. The van der Waals surface area contributed by atoms with Gasteiger partial charge in [0, 0.05) is 18.3 Å². The average Bonchev–Trinajstić information content (AvgIpc) is 2.66. The van der Waals surface area contributed by atoms with Gasteiger partial charge in [-0.2, -0.15) is 0 Å². The molecule has 0 aliphatic carbocycles. The first-order chi connectivity index (χ1) is 13.3. The molecule has 2 aromatic carbocycles. The average molecular weight is 382 g/mol. The Hall–Kier alpha value is -3.28. The molecular formula is C22H20F2N2O2. The summed E-state index contributed by atoms with van der Waals surface area (Å²) in [5, 5.41) is 2.81. The molecule has 0 saturated carbocycles. The second-order valence-electron chi connectivity index (χ2n) is 6.65. The number of pyridine rings is 1. The number of amides is 1. The summed E-state index contributed by atoms with van der Waals surface area (Å²) in [6.45, 7) is 3.91. The molecule has 0 bridgehead atoms. The normalized spacial score (nSPS) is 10.7. The van der Waals surface area contributed by atoms with Gasteiger partial charge in [0.15, 0.2) is 0 Å². The molecule has 1 amide bonds. The smallest absolute Gasteiger partial charge is 0.253 e. The minimum Gasteiger partial charge on any atom is -0.348 e. The lowest BCUT2D eigenvalue weighted by Crippen LogP contribution is -2.30. The minimum atomic E-state index is -0.349. The van der Waals surface area contributed by atoms with Crippen LogP contribution < -0.4 is 10.9 Å². The van der Waals surface area contributed by atoms with Crippen molar-refractivity contribution in [2.24, 2.45) is 0 Å². The van der Waals surface area contributed by atoms with Gasteiger partial charge in [-0.15, -0.1) is 0 Å². The van der Waals surface area contributed by atoms with Crippen molar-refractivity contribution in [3.8, 4) is 0 Å². The van der Waals surface area contributed by atoms with Crippen molar-refractivity contribution in [2.45, 2.75) is 26.9 Å². The highest BCUT2D eigenvalue weighted by atomic mass is 19.1. The third kappa shape index (κ3) is 4.34. The molecule has 0 spiro atoms. The van der Waals surface area contributed by atoms with E-state index in [1.165, 1.54) is 34.9 Å². The molecule has 0 atom stereocenters. The standard InChI is InChI=1S/C22H20F2N2O2/c1-14-11-20(27)26(13-17-5-9-19(24)10-6-17)15(2)21(14)22(28)25-12-16-3-7-18(23)8-4-16/h3-11H,12-13H2,1-2H3,(H,25,28). The Labute approximate surface area is 161 Å². The Bertz CT molecular complexity index is 1060. The number of hydrogen-bond acceptors (Lipinski definition) is 2. The number of carbonyl (C=O) groups is 1. The minimum absolute atomic E-state index is 0.227. The van der Waals surface area contributed by atoms with Gasteiger partial charge in [0.1, 0.15) is 11.6 Å². The highest BCUT2D eigenvalue weighted by Gasteiger charge is 2.17. The zero-order valence-electron chi connectivity index (χ0n) is 15.6. The summed E-state index contributed by atoms with van der Waals surface area (Å²) >= 11 is 0. The van der Waals surface area contributed by atoms with Gasteiger partial charge >= 0.3 is 0 Å². The molecule has 6 heteroatoms. The first-order valence-corrected chi connectivity index (χ1v) is 8.83. The second kappa shape index (κ2) is 8.17. The molecule has 3 rings (SSSR count). The summed E-state index contributed by atoms with van der Waals surface area (Å²) in [5.74, 6) is -1.00. The van der Waals surface area contributed by atoms with E-state index >= 15 is 0 Å². The summed E-state index contributed by atoms with van der Waals surface area (Å²) in [4.78, 5) is 25.2. The molecule has 1 N–H and O–H groups in total. The lowest BCUT2D eigenvalue weighted by Gasteiger charge is -2.16. The molecule has 1 aromatic heterocycles. The molecule has 0 aliphatic rings. The van der Waals surface area contributed by atoms with Crippen molar-refractivity contribution < 1.29 is 13.6 Å². The Morgan fingerprint density at radius 2 is 1.46 bits per heavy atom. The van der Waals surface area contributed by atoms with E-state index in [2.05, 4.69) is 5.32 Å². The second-order valence-corrected chi connectivity index (χ2v) is 6.65. The number of hydrogen-bond donors (Lipinski definition) is 1. The molecule has 0 saturated heterocycles. The van der Waals surface area contributed by atoms with Crippen LogP contribution in [-0.4, -0.2) is 10.5 Å². The summed E-state index contributed by atoms with van der Waals surface area (Å²) in [6.07, 6.45) is 0. The quantitative estimate of drug-likeness (QED) is 0.731. The van der Waals surface area contributed by atoms with Crippen LogP contribution in [0.25, 0.3) is 0 Å². The van der Waals surface area contributed by atoms with E-state index in [1.54, 1.807) is 38.1 Å². The van der Waals surface area contributed by atoms with Gasteiger partial charge < -0.3 is 9.88 Å². The number of carbonyl (C=O) groups excluding carboxylic acids is 1. The van der Waals surface area contributed by atoms with E-state index in [4.69, 9.17) is 0 Å². The summed E-state index contributed by atoms with van der Waals surface area (Å²) in [7, 11) is 0. The Morgan fingerprint density at radius 1 is 0.929 bits per heavy atom. The molecular weight excluding hydrogens is 362 g/mol. The number of nitrogens with zero attached hydrogens (tertiary/aromatic N) is 1. The van der Waals surface area contributed by atoms with E-state index < -0.39 is 0 Å². The molecule has 0 unspecified atom stereocenters.